The molecule has 0 unspecified atom stereocenters. The lowest BCUT2D eigenvalue weighted by molar-refractivity contribution is 0.0977. The average Bonchev–Trinajstić information content (AvgIpc) is 3.33. The zero-order chi connectivity index (χ0) is 20.5. The summed E-state index contributed by atoms with van der Waals surface area (Å²) in [5, 5.41) is 2.74. The molecule has 0 aliphatic heterocycles. The van der Waals surface area contributed by atoms with Crippen molar-refractivity contribution in [3.05, 3.63) is 71.9 Å². The van der Waals surface area contributed by atoms with Gasteiger partial charge in [0, 0.05) is 5.39 Å². The molecule has 0 radical (unpaired) electrons. The summed E-state index contributed by atoms with van der Waals surface area (Å²) >= 11 is 0. The van der Waals surface area contributed by atoms with Crippen LogP contribution < -0.4 is 15.8 Å². The molecule has 29 heavy (non-hydrogen) atoms. The van der Waals surface area contributed by atoms with Crippen LogP contribution in [0, 0.1) is 5.82 Å². The Hall–Kier alpha value is -4.07. The maximum absolute atomic E-state index is 13.6. The number of anilines is 1. The van der Waals surface area contributed by atoms with Crippen molar-refractivity contribution in [3.63, 3.8) is 0 Å². The van der Waals surface area contributed by atoms with Crippen molar-refractivity contribution in [2.24, 2.45) is 5.73 Å². The number of primary amides is 1. The molecule has 0 fully saturated rings. The predicted molar refractivity (Wildman–Crippen MR) is 103 cm³/mol. The second kappa shape index (κ2) is 7.16. The van der Waals surface area contributed by atoms with Crippen molar-refractivity contribution < 1.29 is 27.6 Å². The summed E-state index contributed by atoms with van der Waals surface area (Å²) in [6, 6.07) is 13.9. The van der Waals surface area contributed by atoms with Gasteiger partial charge in [-0.2, -0.15) is 0 Å². The third-order valence-corrected chi connectivity index (χ3v) is 4.31. The number of furan rings is 2. The number of para-hydroxylation sites is 1. The maximum Gasteiger partial charge on any atom is 0.291 e. The Morgan fingerprint density at radius 3 is 2.62 bits per heavy atom. The lowest BCUT2D eigenvalue weighted by Crippen LogP contribution is -2.16. The number of ether oxygens (including phenoxy) is 1. The van der Waals surface area contributed by atoms with Gasteiger partial charge in [0.15, 0.2) is 5.76 Å². The Labute approximate surface area is 163 Å². The van der Waals surface area contributed by atoms with E-state index in [9.17, 15) is 14.0 Å². The zero-order valence-corrected chi connectivity index (χ0v) is 15.2. The molecular weight excluding hydrogens is 379 g/mol. The van der Waals surface area contributed by atoms with Crippen LogP contribution in [0.5, 0.6) is 5.75 Å². The number of carbonyl (C=O) groups excluding carboxylic acids is 2. The van der Waals surface area contributed by atoms with E-state index < -0.39 is 17.6 Å². The van der Waals surface area contributed by atoms with E-state index in [1.54, 1.807) is 18.2 Å². The van der Waals surface area contributed by atoms with E-state index in [-0.39, 0.29) is 28.2 Å². The first-order valence-corrected chi connectivity index (χ1v) is 8.54. The van der Waals surface area contributed by atoms with Crippen molar-refractivity contribution in [3.8, 4) is 17.1 Å². The molecule has 0 aliphatic rings. The van der Waals surface area contributed by atoms with Gasteiger partial charge in [-0.15, -0.1) is 0 Å². The van der Waals surface area contributed by atoms with Crippen LogP contribution in [0.1, 0.15) is 21.1 Å². The number of rotatable bonds is 5. The number of halogens is 1. The molecule has 0 bridgehead atoms. The number of benzene rings is 2. The van der Waals surface area contributed by atoms with Crippen molar-refractivity contribution in [1.82, 2.24) is 0 Å². The van der Waals surface area contributed by atoms with E-state index in [1.807, 2.05) is 12.1 Å². The van der Waals surface area contributed by atoms with Crippen LogP contribution in [0.3, 0.4) is 0 Å². The van der Waals surface area contributed by atoms with E-state index in [0.29, 0.717) is 17.1 Å². The third-order valence-electron chi connectivity index (χ3n) is 4.31. The minimum atomic E-state index is -0.897. The van der Waals surface area contributed by atoms with Gasteiger partial charge in [-0.3, -0.25) is 9.59 Å². The lowest BCUT2D eigenvalue weighted by atomic mass is 10.1. The number of hydrogen-bond acceptors (Lipinski definition) is 5. The average molecular weight is 394 g/mol. The monoisotopic (exact) mass is 394 g/mol. The first-order valence-electron chi connectivity index (χ1n) is 8.54. The Balaban J connectivity index is 1.69. The summed E-state index contributed by atoms with van der Waals surface area (Å²) < 4.78 is 29.9. The van der Waals surface area contributed by atoms with Crippen molar-refractivity contribution >= 4 is 28.5 Å². The molecule has 4 rings (SSSR count). The lowest BCUT2D eigenvalue weighted by Gasteiger charge is -2.05. The van der Waals surface area contributed by atoms with Crippen molar-refractivity contribution in [2.45, 2.75) is 0 Å². The highest BCUT2D eigenvalue weighted by molar-refractivity contribution is 6.13. The number of amides is 2. The van der Waals surface area contributed by atoms with Gasteiger partial charge in [-0.05, 0) is 42.5 Å². The van der Waals surface area contributed by atoms with Crippen LogP contribution in [0.4, 0.5) is 10.1 Å². The van der Waals surface area contributed by atoms with E-state index >= 15 is 0 Å². The van der Waals surface area contributed by atoms with Gasteiger partial charge in [-0.25, -0.2) is 4.39 Å². The van der Waals surface area contributed by atoms with E-state index in [4.69, 9.17) is 19.3 Å². The Morgan fingerprint density at radius 1 is 1.07 bits per heavy atom. The number of hydrogen-bond donors (Lipinski definition) is 2. The van der Waals surface area contributed by atoms with Crippen LogP contribution >= 0.6 is 0 Å². The van der Waals surface area contributed by atoms with Crippen LogP contribution in [0.2, 0.25) is 0 Å². The Morgan fingerprint density at radius 2 is 1.86 bits per heavy atom. The summed E-state index contributed by atoms with van der Waals surface area (Å²) in [5.74, 6) is -1.40. The molecule has 2 aromatic carbocycles. The number of methoxy groups -OCH3 is 1. The van der Waals surface area contributed by atoms with Crippen molar-refractivity contribution in [2.75, 3.05) is 12.4 Å². The van der Waals surface area contributed by atoms with Crippen LogP contribution in [0.25, 0.3) is 22.3 Å². The molecule has 146 valence electrons. The number of nitrogens with one attached hydrogen (secondary N) is 1. The fourth-order valence-electron chi connectivity index (χ4n) is 3.00. The third kappa shape index (κ3) is 3.31. The number of fused-ring (bicyclic) bond motifs is 1. The van der Waals surface area contributed by atoms with Gasteiger partial charge < -0.3 is 24.6 Å². The normalized spacial score (nSPS) is 10.8. The summed E-state index contributed by atoms with van der Waals surface area (Å²) in [6.07, 6.45) is 0. The van der Waals surface area contributed by atoms with Gasteiger partial charge in [0.1, 0.15) is 28.6 Å². The largest absolute Gasteiger partial charge is 0.496 e. The standard InChI is InChI=1S/C21H15FN2O5/c1-27-14-5-3-2-4-12(14)15-8-9-17(28-15)21(26)24-18-13-10-11(22)6-7-16(13)29-19(18)20(23)25/h2-10H,1H3,(H2,23,25)(H,24,26). The minimum Gasteiger partial charge on any atom is -0.496 e. The fraction of sp³-hybridized carbons (Fsp3) is 0.0476. The molecule has 2 amide bonds. The van der Waals surface area contributed by atoms with Crippen LogP contribution in [-0.4, -0.2) is 18.9 Å². The topological polar surface area (TPSA) is 108 Å². The smallest absolute Gasteiger partial charge is 0.291 e. The summed E-state index contributed by atoms with van der Waals surface area (Å²) in [5.41, 5.74) is 6.19. The highest BCUT2D eigenvalue weighted by atomic mass is 19.1. The number of nitrogens with two attached hydrogens (primary N) is 1. The summed E-state index contributed by atoms with van der Waals surface area (Å²) in [4.78, 5) is 24.4. The van der Waals surface area contributed by atoms with E-state index in [2.05, 4.69) is 5.32 Å². The SMILES string of the molecule is COc1ccccc1-c1ccc(C(=O)Nc2c(C(N)=O)oc3ccc(F)cc23)o1. The molecular formula is C21H15FN2O5. The van der Waals surface area contributed by atoms with Crippen molar-refractivity contribution in [1.29, 1.82) is 0 Å². The Kier molecular flexibility index (Phi) is 4.52. The predicted octanol–water partition coefficient (Wildman–Crippen LogP) is 4.19. The molecule has 4 aromatic rings. The molecule has 7 nitrogen and oxygen atoms in total. The number of carbonyl (C=O) groups is 2. The van der Waals surface area contributed by atoms with Crippen LogP contribution in [0.15, 0.2) is 63.4 Å². The van der Waals surface area contributed by atoms with Gasteiger partial charge in [0.25, 0.3) is 11.8 Å². The first kappa shape index (κ1) is 18.3. The molecule has 8 heteroatoms. The highest BCUT2D eigenvalue weighted by Gasteiger charge is 2.23. The van der Waals surface area contributed by atoms with E-state index in [0.717, 1.165) is 6.07 Å². The van der Waals surface area contributed by atoms with Gasteiger partial charge >= 0.3 is 0 Å². The molecule has 2 aromatic heterocycles. The minimum absolute atomic E-state index is 0.0211. The molecule has 2 heterocycles. The molecule has 0 atom stereocenters. The molecule has 0 saturated heterocycles. The van der Waals surface area contributed by atoms with Gasteiger partial charge in [0.05, 0.1) is 12.7 Å². The highest BCUT2D eigenvalue weighted by Crippen LogP contribution is 2.33. The summed E-state index contributed by atoms with van der Waals surface area (Å²) in [6.45, 7) is 0. The van der Waals surface area contributed by atoms with Gasteiger partial charge in [0.2, 0.25) is 5.76 Å². The zero-order valence-electron chi connectivity index (χ0n) is 15.2. The van der Waals surface area contributed by atoms with Crippen LogP contribution in [-0.2, 0) is 0 Å². The van der Waals surface area contributed by atoms with E-state index in [1.165, 1.54) is 25.3 Å². The molecule has 0 spiro atoms. The first-order chi connectivity index (χ1) is 14.0. The van der Waals surface area contributed by atoms with Gasteiger partial charge in [-0.1, -0.05) is 12.1 Å². The summed E-state index contributed by atoms with van der Waals surface area (Å²) in [7, 11) is 1.53. The molecule has 3 N–H and O–H groups in total. The second-order valence-electron chi connectivity index (χ2n) is 6.13. The second-order valence-corrected chi connectivity index (χ2v) is 6.13. The molecule has 0 saturated carbocycles. The fourth-order valence-corrected chi connectivity index (χ4v) is 3.00. The quantitative estimate of drug-likeness (QED) is 0.528. The maximum atomic E-state index is 13.6. The Bertz CT molecular complexity index is 1240. The molecule has 0 aliphatic carbocycles.